The summed E-state index contributed by atoms with van der Waals surface area (Å²) in [5, 5.41) is 0.461. The second kappa shape index (κ2) is 6.47. The number of rotatable bonds is 3. The van der Waals surface area contributed by atoms with E-state index in [0.29, 0.717) is 16.5 Å². The third-order valence-electron chi connectivity index (χ3n) is 4.01. The monoisotopic (exact) mass is 328 g/mol. The van der Waals surface area contributed by atoms with E-state index in [1.807, 2.05) is 36.4 Å². The minimum absolute atomic E-state index is 0.0813. The Bertz CT molecular complexity index is 793. The number of methoxy groups -OCH3 is 2. The highest BCUT2D eigenvalue weighted by atomic mass is 35.5. The fourth-order valence-corrected chi connectivity index (χ4v) is 3.17. The van der Waals surface area contributed by atoms with E-state index in [4.69, 9.17) is 21.1 Å². The van der Waals surface area contributed by atoms with E-state index in [2.05, 4.69) is 0 Å². The first-order valence-corrected chi connectivity index (χ1v) is 7.76. The Morgan fingerprint density at radius 3 is 2.61 bits per heavy atom. The number of carbonyl (C=O) groups is 1. The number of carbonyl (C=O) groups excluding carboxylic acids is 1. The van der Waals surface area contributed by atoms with Crippen LogP contribution in [-0.2, 0) is 6.42 Å². The second-order valence-corrected chi connectivity index (χ2v) is 5.80. The molecule has 0 saturated heterocycles. The van der Waals surface area contributed by atoms with Crippen LogP contribution in [0, 0.1) is 0 Å². The molecule has 2 aromatic carbocycles. The number of aryl methyl sites for hydroxylation is 1. The number of hydrogen-bond donors (Lipinski definition) is 0. The molecule has 0 N–H and O–H groups in total. The van der Waals surface area contributed by atoms with Crippen LogP contribution in [0.3, 0.4) is 0 Å². The molecule has 118 valence electrons. The van der Waals surface area contributed by atoms with Crippen LogP contribution in [0.15, 0.2) is 42.0 Å². The van der Waals surface area contributed by atoms with Crippen LogP contribution >= 0.6 is 11.6 Å². The van der Waals surface area contributed by atoms with Crippen LogP contribution in [-0.4, -0.2) is 20.0 Å². The summed E-state index contributed by atoms with van der Waals surface area (Å²) in [7, 11) is 3.11. The van der Waals surface area contributed by atoms with Gasteiger partial charge >= 0.3 is 0 Å². The van der Waals surface area contributed by atoms with E-state index in [9.17, 15) is 4.79 Å². The van der Waals surface area contributed by atoms with Gasteiger partial charge in [-0.1, -0.05) is 35.9 Å². The molecule has 0 aromatic heterocycles. The van der Waals surface area contributed by atoms with Crippen LogP contribution in [0.4, 0.5) is 0 Å². The molecule has 23 heavy (non-hydrogen) atoms. The van der Waals surface area contributed by atoms with Gasteiger partial charge < -0.3 is 9.47 Å². The number of halogens is 1. The molecule has 0 fully saturated rings. The molecule has 0 heterocycles. The van der Waals surface area contributed by atoms with Crippen LogP contribution in [0.1, 0.15) is 27.9 Å². The van der Waals surface area contributed by atoms with Crippen molar-refractivity contribution < 1.29 is 14.3 Å². The van der Waals surface area contributed by atoms with Gasteiger partial charge in [0.15, 0.2) is 17.3 Å². The predicted molar refractivity (Wildman–Crippen MR) is 91.6 cm³/mol. The van der Waals surface area contributed by atoms with E-state index in [1.54, 1.807) is 20.3 Å². The third-order valence-corrected chi connectivity index (χ3v) is 4.29. The summed E-state index contributed by atoms with van der Waals surface area (Å²) in [6.45, 7) is 0. The van der Waals surface area contributed by atoms with Crippen molar-refractivity contribution in [3.05, 3.63) is 63.7 Å². The predicted octanol–water partition coefficient (Wildman–Crippen LogP) is 4.57. The minimum atomic E-state index is 0.0813. The molecule has 0 atom stereocenters. The standard InChI is InChI=1S/C19H17ClO3/c1-22-17-11-12(10-16(20)19(17)23-2)9-14-8-7-13-5-3-4-6-15(13)18(14)21/h3-6,9-11H,7-8H2,1-2H3. The maximum atomic E-state index is 12.6. The lowest BCUT2D eigenvalue weighted by molar-refractivity contribution is 0.102. The minimum Gasteiger partial charge on any atom is -0.493 e. The largest absolute Gasteiger partial charge is 0.493 e. The van der Waals surface area contributed by atoms with Crippen molar-refractivity contribution in [2.75, 3.05) is 14.2 Å². The first kappa shape index (κ1) is 15.6. The smallest absolute Gasteiger partial charge is 0.189 e. The molecule has 0 aliphatic heterocycles. The molecular formula is C19H17ClO3. The topological polar surface area (TPSA) is 35.5 Å². The lowest BCUT2D eigenvalue weighted by Crippen LogP contribution is -2.13. The Hall–Kier alpha value is -2.26. The summed E-state index contributed by atoms with van der Waals surface area (Å²) in [6.07, 6.45) is 3.47. The first-order chi connectivity index (χ1) is 11.1. The van der Waals surface area contributed by atoms with Crippen molar-refractivity contribution in [1.82, 2.24) is 0 Å². The highest BCUT2D eigenvalue weighted by Gasteiger charge is 2.21. The van der Waals surface area contributed by atoms with Crippen molar-refractivity contribution >= 4 is 23.5 Å². The van der Waals surface area contributed by atoms with E-state index < -0.39 is 0 Å². The quantitative estimate of drug-likeness (QED) is 0.774. The summed E-state index contributed by atoms with van der Waals surface area (Å²) >= 11 is 6.23. The number of Topliss-reactive ketones (excluding diaryl/α,β-unsaturated/α-hetero) is 1. The van der Waals surface area contributed by atoms with Gasteiger partial charge in [0.1, 0.15) is 0 Å². The summed E-state index contributed by atoms with van der Waals surface area (Å²) < 4.78 is 10.5. The highest BCUT2D eigenvalue weighted by molar-refractivity contribution is 6.32. The molecule has 0 saturated carbocycles. The summed E-state index contributed by atoms with van der Waals surface area (Å²) in [4.78, 5) is 12.6. The molecule has 0 radical (unpaired) electrons. The van der Waals surface area contributed by atoms with Crippen LogP contribution < -0.4 is 9.47 Å². The van der Waals surface area contributed by atoms with Gasteiger partial charge in [-0.2, -0.15) is 0 Å². The fourth-order valence-electron chi connectivity index (χ4n) is 2.88. The maximum absolute atomic E-state index is 12.6. The van der Waals surface area contributed by atoms with Gasteiger partial charge in [-0.15, -0.1) is 0 Å². The van der Waals surface area contributed by atoms with Crippen molar-refractivity contribution in [1.29, 1.82) is 0 Å². The van der Waals surface area contributed by atoms with Gasteiger partial charge in [0.05, 0.1) is 19.2 Å². The van der Waals surface area contributed by atoms with Gasteiger partial charge in [-0.25, -0.2) is 0 Å². The zero-order valence-electron chi connectivity index (χ0n) is 13.1. The lowest BCUT2D eigenvalue weighted by atomic mass is 9.86. The molecule has 1 aliphatic rings. The molecular weight excluding hydrogens is 312 g/mol. The normalized spacial score (nSPS) is 15.4. The van der Waals surface area contributed by atoms with Crippen molar-refractivity contribution in [3.8, 4) is 11.5 Å². The number of fused-ring (bicyclic) bond motifs is 1. The number of benzene rings is 2. The lowest BCUT2D eigenvalue weighted by Gasteiger charge is -2.17. The third kappa shape index (κ3) is 2.97. The number of ether oxygens (including phenoxy) is 2. The van der Waals surface area contributed by atoms with Crippen LogP contribution in [0.2, 0.25) is 5.02 Å². The van der Waals surface area contributed by atoms with Gasteiger partial charge in [0.2, 0.25) is 0 Å². The van der Waals surface area contributed by atoms with Crippen molar-refractivity contribution in [2.45, 2.75) is 12.8 Å². The second-order valence-electron chi connectivity index (χ2n) is 5.39. The summed E-state index contributed by atoms with van der Waals surface area (Å²) in [6, 6.07) is 11.4. The van der Waals surface area contributed by atoms with Crippen molar-refractivity contribution in [2.24, 2.45) is 0 Å². The molecule has 3 rings (SSSR count). The van der Waals surface area contributed by atoms with E-state index in [-0.39, 0.29) is 5.78 Å². The summed E-state index contributed by atoms with van der Waals surface area (Å²) in [5.41, 5.74) is 3.51. The Balaban J connectivity index is 2.00. The molecule has 0 spiro atoms. The number of ketones is 1. The van der Waals surface area contributed by atoms with E-state index in [0.717, 1.165) is 35.1 Å². The number of allylic oxidation sites excluding steroid dienone is 1. The van der Waals surface area contributed by atoms with Crippen molar-refractivity contribution in [3.63, 3.8) is 0 Å². The average Bonchev–Trinajstić information content (AvgIpc) is 2.57. The fraction of sp³-hybridized carbons (Fsp3) is 0.211. The van der Waals surface area contributed by atoms with Gasteiger partial charge in [0.25, 0.3) is 0 Å². The van der Waals surface area contributed by atoms with E-state index in [1.165, 1.54) is 0 Å². The Labute approximate surface area is 140 Å². The molecule has 1 aliphatic carbocycles. The van der Waals surface area contributed by atoms with Crippen LogP contribution in [0.25, 0.3) is 6.08 Å². The van der Waals surface area contributed by atoms with Crippen LogP contribution in [0.5, 0.6) is 11.5 Å². The molecule has 0 amide bonds. The Morgan fingerprint density at radius 2 is 1.87 bits per heavy atom. The zero-order valence-corrected chi connectivity index (χ0v) is 13.8. The number of hydrogen-bond acceptors (Lipinski definition) is 3. The van der Waals surface area contributed by atoms with Gasteiger partial charge in [-0.05, 0) is 42.2 Å². The zero-order chi connectivity index (χ0) is 16.4. The molecule has 2 aromatic rings. The molecule has 0 unspecified atom stereocenters. The SMILES string of the molecule is COc1cc(C=C2CCc3ccccc3C2=O)cc(Cl)c1OC. The first-order valence-electron chi connectivity index (χ1n) is 7.38. The maximum Gasteiger partial charge on any atom is 0.189 e. The van der Waals surface area contributed by atoms with E-state index >= 15 is 0 Å². The summed E-state index contributed by atoms with van der Waals surface area (Å²) in [5.74, 6) is 1.13. The molecule has 0 bridgehead atoms. The highest BCUT2D eigenvalue weighted by Crippen LogP contribution is 2.37. The average molecular weight is 329 g/mol. The Kier molecular flexibility index (Phi) is 4.39. The van der Waals surface area contributed by atoms with Gasteiger partial charge in [0, 0.05) is 11.1 Å². The molecule has 4 heteroatoms. The molecule has 3 nitrogen and oxygen atoms in total. The Morgan fingerprint density at radius 1 is 1.09 bits per heavy atom. The van der Waals surface area contributed by atoms with Gasteiger partial charge in [-0.3, -0.25) is 4.79 Å².